The number of amides is 5. The number of aromatic nitrogens is 6. The number of hydrogen-bond acceptors (Lipinski definition) is 19. The molecule has 1 aliphatic rings. The maximum Gasteiger partial charge on any atom is 0.307 e. The van der Waals surface area contributed by atoms with Crippen LogP contribution < -0.4 is 31.9 Å². The van der Waals surface area contributed by atoms with Gasteiger partial charge in [0.2, 0.25) is 0 Å². The van der Waals surface area contributed by atoms with E-state index in [9.17, 15) is 33.5 Å². The molecule has 17 rings (SSSR count). The number of hydrogen-bond donors (Lipinski definition) is 8. The molecule has 16 aromatic rings. The minimum atomic E-state index is -0.490. The van der Waals surface area contributed by atoms with Crippen LogP contribution in [0, 0.1) is 19.7 Å². The normalized spacial score (nSPS) is 11.8. The van der Waals surface area contributed by atoms with E-state index < -0.39 is 11.8 Å². The van der Waals surface area contributed by atoms with E-state index in [2.05, 4.69) is 97.2 Å². The molecule has 1 aliphatic carbocycles. The van der Waals surface area contributed by atoms with Crippen molar-refractivity contribution in [1.82, 2.24) is 57.3 Å². The van der Waals surface area contributed by atoms with Gasteiger partial charge in [0.1, 0.15) is 40.3 Å². The number of carbonyl (C=O) groups is 5. The van der Waals surface area contributed by atoms with Gasteiger partial charge in [-0.3, -0.25) is 34.2 Å². The Labute approximate surface area is 704 Å². The van der Waals surface area contributed by atoms with E-state index >= 15 is 0 Å². The Morgan fingerprint density at radius 2 is 1.11 bits per heavy atom. The molecule has 7 aromatic heterocycles. The number of aromatic amines is 2. The molecular weight excluding hydrogens is 1560 g/mol. The summed E-state index contributed by atoms with van der Waals surface area (Å²) in [5, 5.41) is 52.4. The number of benzene rings is 9. The second-order valence-corrected chi connectivity index (χ2v) is 27.2. The molecule has 0 unspecified atom stereocenters. The smallest absolute Gasteiger partial charge is 0.307 e. The molecule has 27 nitrogen and oxygen atoms in total. The summed E-state index contributed by atoms with van der Waals surface area (Å²) in [5.74, 6) is 0.572. The molecule has 8 N–H and O–H groups in total. The SMILES string of the molecule is CCc1ccc(-c2cc(C(=O)N/N=C/c3c(C)nn(-c4ccccc4)c3C)[nH]n2)cc1.O=C(COc1ccc2ccccc2c1)N/N=C/c1ccco1.O=C(N/N=C/c1ccco1)c1cc(-c2ccc(F)cc2)co1.O=C(N/N=C/c1ccco1)c1cc(C2CC2)[nH]n1.O=C(NN=C(/C=C/c1ccccc1)c1ccccc1)c1cc2ccccc2cc1O. The molecule has 123 heavy (non-hydrogen) atoms. The highest BCUT2D eigenvalue weighted by molar-refractivity contribution is 6.12. The van der Waals surface area contributed by atoms with Gasteiger partial charge in [0.25, 0.3) is 23.6 Å². The zero-order valence-corrected chi connectivity index (χ0v) is 66.6. The summed E-state index contributed by atoms with van der Waals surface area (Å²) in [4.78, 5) is 60.4. The summed E-state index contributed by atoms with van der Waals surface area (Å²) in [5.41, 5.74) is 24.6. The van der Waals surface area contributed by atoms with E-state index in [0.717, 1.165) is 78.6 Å². The topological polar surface area (TPSA) is 364 Å². The fourth-order valence-corrected chi connectivity index (χ4v) is 11.9. The lowest BCUT2D eigenvalue weighted by Gasteiger charge is -2.07. The predicted molar refractivity (Wildman–Crippen MR) is 469 cm³/mol. The molecule has 0 aliphatic heterocycles. The minimum absolute atomic E-state index is 0.0810. The summed E-state index contributed by atoms with van der Waals surface area (Å²) in [6.45, 7) is 5.90. The second-order valence-electron chi connectivity index (χ2n) is 27.2. The van der Waals surface area contributed by atoms with Crippen molar-refractivity contribution in [3.8, 4) is 39.6 Å². The Bertz CT molecular complexity index is 6370. The molecule has 7 heterocycles. The predicted octanol–water partition coefficient (Wildman–Crippen LogP) is 17.6. The number of H-pyrrole nitrogens is 2. The number of nitrogens with zero attached hydrogens (tertiary/aromatic N) is 9. The Morgan fingerprint density at radius 1 is 0.537 bits per heavy atom. The van der Waals surface area contributed by atoms with Crippen molar-refractivity contribution in [2.45, 2.75) is 46.0 Å². The largest absolute Gasteiger partial charge is 0.507 e. The zero-order valence-electron chi connectivity index (χ0n) is 66.6. The molecule has 9 aromatic carbocycles. The van der Waals surface area contributed by atoms with E-state index in [-0.39, 0.29) is 47.2 Å². The van der Waals surface area contributed by atoms with Crippen LogP contribution in [0.4, 0.5) is 4.39 Å². The number of allylic oxidation sites excluding steroid dienone is 1. The van der Waals surface area contributed by atoms with Crippen LogP contribution >= 0.6 is 0 Å². The molecule has 1 fully saturated rings. The molecule has 1 saturated carbocycles. The van der Waals surface area contributed by atoms with Gasteiger partial charge in [0.05, 0.1) is 84.0 Å². The van der Waals surface area contributed by atoms with Gasteiger partial charge in [-0.2, -0.15) is 40.8 Å². The quantitative estimate of drug-likeness (QED) is 0.0206. The number of halogens is 1. The van der Waals surface area contributed by atoms with Crippen LogP contribution in [0.5, 0.6) is 11.5 Å². The number of aromatic hydroxyl groups is 1. The standard InChI is InChI=1S/C26H20N2O2.C24H24N6O.C17H14N2O3.C16H11FN2O3.C12H12N4O2/c29-25-18-22-14-8-7-13-21(22)17-23(25)26(30)28-27-24(20-11-5-2-6-12-20)16-15-19-9-3-1-4-10-19;1-4-18-10-12-19(13-11-18)22-14-23(27-26-22)24(31)28-25-15-21-16(2)29-30(17(21)3)20-8-6-5-7-9-20;20-17(19-18-11-16-6-3-9-21-16)12-22-15-8-7-13-4-1-2-5-14(13)10-15;17-13-5-3-11(4-6-13)12-8-15(22-10-12)16(20)19-18-9-14-2-1-7-21-14;17-12(16-13-7-9-2-1-5-18-9)11-6-10(14-15-11)8-3-4-8/h1-18,29H,(H,28,30);5-15H,4H2,1-3H3,(H,26,27)(H,28,31);1-11H,12H2,(H,19,20);1-10H,(H,19,20);1-2,5-8H,3-4H2,(H,14,15)(H,16,17)/b16-15+,27-24?;25-15+;18-11+;18-9+;13-7+. The van der Waals surface area contributed by atoms with Crippen molar-refractivity contribution in [2.24, 2.45) is 25.5 Å². The van der Waals surface area contributed by atoms with Gasteiger partial charge < -0.3 is 27.5 Å². The Kier molecular flexibility index (Phi) is 29.0. The highest BCUT2D eigenvalue weighted by Crippen LogP contribution is 2.39. The maximum absolute atomic E-state index is 12.9. The number of carbonyl (C=O) groups excluding carboxylic acids is 5. The third kappa shape index (κ3) is 24.4. The molecule has 614 valence electrons. The molecule has 0 radical (unpaired) electrons. The Balaban J connectivity index is 0.000000134. The summed E-state index contributed by atoms with van der Waals surface area (Å²) in [6.07, 6.45) is 19.0. The fraction of sp³-hybridized carbons (Fsp3) is 0.0842. The van der Waals surface area contributed by atoms with Crippen LogP contribution in [0.25, 0.3) is 55.7 Å². The molecular formula is C95H81FN16O11. The van der Waals surface area contributed by atoms with Gasteiger partial charge in [-0.15, -0.1) is 0 Å². The van der Waals surface area contributed by atoms with Gasteiger partial charge in [0.15, 0.2) is 18.1 Å². The highest BCUT2D eigenvalue weighted by atomic mass is 19.1. The third-order valence-corrected chi connectivity index (χ3v) is 18.5. The molecule has 0 saturated heterocycles. The molecule has 28 heteroatoms. The first-order chi connectivity index (χ1) is 60.1. The molecule has 0 bridgehead atoms. The van der Waals surface area contributed by atoms with Crippen LogP contribution in [0.15, 0.2) is 347 Å². The van der Waals surface area contributed by atoms with Crippen molar-refractivity contribution in [1.29, 1.82) is 0 Å². The lowest BCUT2D eigenvalue weighted by molar-refractivity contribution is -0.123. The number of nitrogens with one attached hydrogen (secondary N) is 7. The van der Waals surface area contributed by atoms with E-state index in [1.807, 2.05) is 201 Å². The Morgan fingerprint density at radius 3 is 1.75 bits per heavy atom. The maximum atomic E-state index is 12.9. The average molecular weight is 1640 g/mol. The first-order valence-corrected chi connectivity index (χ1v) is 38.7. The van der Waals surface area contributed by atoms with E-state index in [4.69, 9.17) is 22.4 Å². The van der Waals surface area contributed by atoms with Crippen LogP contribution in [-0.4, -0.2) is 102 Å². The van der Waals surface area contributed by atoms with Gasteiger partial charge in [-0.1, -0.05) is 183 Å². The lowest BCUT2D eigenvalue weighted by Crippen LogP contribution is -2.24. The van der Waals surface area contributed by atoms with Crippen molar-refractivity contribution in [3.05, 3.63) is 389 Å². The fourth-order valence-electron chi connectivity index (χ4n) is 11.9. The second kappa shape index (κ2) is 42.4. The van der Waals surface area contributed by atoms with Crippen molar-refractivity contribution >= 4 is 87.7 Å². The highest BCUT2D eigenvalue weighted by Gasteiger charge is 2.27. The average Bonchev–Trinajstić information content (AvgIpc) is 1.75. The van der Waals surface area contributed by atoms with Gasteiger partial charge >= 0.3 is 5.91 Å². The number of phenolic OH excluding ortho intramolecular Hbond substituents is 1. The number of phenols is 1. The number of rotatable bonds is 24. The number of aryl methyl sites for hydroxylation is 2. The Hall–Kier alpha value is -16.8. The van der Waals surface area contributed by atoms with E-state index in [0.29, 0.717) is 57.3 Å². The summed E-state index contributed by atoms with van der Waals surface area (Å²) in [6, 6.07) is 83.3. The van der Waals surface area contributed by atoms with Gasteiger partial charge in [-0.25, -0.2) is 36.2 Å². The van der Waals surface area contributed by atoms with E-state index in [1.54, 1.807) is 91.3 Å². The van der Waals surface area contributed by atoms with Crippen LogP contribution in [0.2, 0.25) is 0 Å². The number of fused-ring (bicyclic) bond motifs is 2. The molecule has 0 atom stereocenters. The van der Waals surface area contributed by atoms with Crippen molar-refractivity contribution in [2.75, 3.05) is 6.61 Å². The number of para-hydroxylation sites is 1. The molecule has 5 amide bonds. The third-order valence-electron chi connectivity index (χ3n) is 18.5. The summed E-state index contributed by atoms with van der Waals surface area (Å²) < 4.78 is 40.5. The number of furan rings is 4. The van der Waals surface area contributed by atoms with Crippen molar-refractivity contribution < 1.29 is 55.9 Å². The van der Waals surface area contributed by atoms with Crippen LogP contribution in [0.1, 0.15) is 124 Å². The monoisotopic (exact) mass is 1640 g/mol. The van der Waals surface area contributed by atoms with Crippen LogP contribution in [0.3, 0.4) is 0 Å². The first-order valence-electron chi connectivity index (χ1n) is 38.7. The lowest BCUT2D eigenvalue weighted by atomic mass is 10.1. The molecule has 0 spiro atoms. The minimum Gasteiger partial charge on any atom is -0.507 e. The summed E-state index contributed by atoms with van der Waals surface area (Å²) >= 11 is 0. The van der Waals surface area contributed by atoms with Crippen molar-refractivity contribution in [3.63, 3.8) is 0 Å². The van der Waals surface area contributed by atoms with E-state index in [1.165, 1.54) is 68.0 Å². The summed E-state index contributed by atoms with van der Waals surface area (Å²) in [7, 11) is 0. The number of hydrazone groups is 5. The van der Waals surface area contributed by atoms with Gasteiger partial charge in [0, 0.05) is 33.9 Å². The zero-order chi connectivity index (χ0) is 85.5. The van der Waals surface area contributed by atoms with Gasteiger partial charge in [-0.05, 0) is 181 Å². The number of ether oxygens (including phenoxy) is 1. The van der Waals surface area contributed by atoms with Crippen LogP contribution in [-0.2, 0) is 11.2 Å². The first kappa shape index (κ1) is 84.1.